The number of nitrogens with one attached hydrogen (secondary N) is 1. The summed E-state index contributed by atoms with van der Waals surface area (Å²) in [5.74, 6) is 2.15. The van der Waals surface area contributed by atoms with E-state index in [0.717, 1.165) is 24.5 Å². The van der Waals surface area contributed by atoms with Crippen LogP contribution in [0.2, 0.25) is 0 Å². The SMILES string of the molecule is COc1cc(N2CCOCC2)ccc1N1Nc2nc(N)nc(N)c2C1c1cnco1. The molecule has 30 heavy (non-hydrogen) atoms. The fourth-order valence-electron chi connectivity index (χ4n) is 3.88. The molecule has 1 fully saturated rings. The van der Waals surface area contributed by atoms with E-state index in [2.05, 4.69) is 31.3 Å². The van der Waals surface area contributed by atoms with Crippen LogP contribution >= 0.6 is 0 Å². The van der Waals surface area contributed by atoms with Gasteiger partial charge in [-0.15, -0.1) is 0 Å². The average molecular weight is 410 g/mol. The van der Waals surface area contributed by atoms with Gasteiger partial charge in [-0.2, -0.15) is 9.97 Å². The first-order chi connectivity index (χ1) is 14.7. The minimum absolute atomic E-state index is 0.0894. The van der Waals surface area contributed by atoms with Crippen molar-refractivity contribution in [2.24, 2.45) is 0 Å². The predicted molar refractivity (Wildman–Crippen MR) is 111 cm³/mol. The fourth-order valence-corrected chi connectivity index (χ4v) is 3.88. The van der Waals surface area contributed by atoms with Crippen LogP contribution in [-0.4, -0.2) is 48.4 Å². The van der Waals surface area contributed by atoms with Crippen molar-refractivity contribution in [3.8, 4) is 5.75 Å². The molecule has 1 saturated heterocycles. The van der Waals surface area contributed by atoms with Gasteiger partial charge in [0, 0.05) is 24.8 Å². The Morgan fingerprint density at radius 3 is 2.77 bits per heavy atom. The summed E-state index contributed by atoms with van der Waals surface area (Å²) in [5, 5.41) is 1.87. The number of rotatable bonds is 4. The number of morpholine rings is 1. The number of aromatic nitrogens is 3. The zero-order valence-corrected chi connectivity index (χ0v) is 16.4. The van der Waals surface area contributed by atoms with E-state index < -0.39 is 6.04 Å². The molecule has 5 N–H and O–H groups in total. The van der Waals surface area contributed by atoms with Crippen LogP contribution in [0.1, 0.15) is 17.4 Å². The Morgan fingerprint density at radius 1 is 1.20 bits per heavy atom. The van der Waals surface area contributed by atoms with E-state index in [1.54, 1.807) is 13.3 Å². The Bertz CT molecular complexity index is 1050. The number of nitrogens with zero attached hydrogens (tertiary/aromatic N) is 5. The van der Waals surface area contributed by atoms with Crippen molar-refractivity contribution in [1.82, 2.24) is 15.0 Å². The van der Waals surface area contributed by atoms with Crippen molar-refractivity contribution in [2.75, 3.05) is 60.2 Å². The van der Waals surface area contributed by atoms with E-state index in [4.69, 9.17) is 25.4 Å². The van der Waals surface area contributed by atoms with Gasteiger partial charge in [-0.3, -0.25) is 10.4 Å². The molecular weight excluding hydrogens is 388 g/mol. The summed E-state index contributed by atoms with van der Waals surface area (Å²) in [4.78, 5) is 14.7. The summed E-state index contributed by atoms with van der Waals surface area (Å²) in [6, 6.07) is 5.60. The van der Waals surface area contributed by atoms with Crippen LogP contribution in [0.15, 0.2) is 35.2 Å². The lowest BCUT2D eigenvalue weighted by molar-refractivity contribution is 0.122. The van der Waals surface area contributed by atoms with Crippen molar-refractivity contribution in [3.63, 3.8) is 0 Å². The first kappa shape index (κ1) is 18.3. The van der Waals surface area contributed by atoms with Crippen LogP contribution in [-0.2, 0) is 4.74 Å². The number of oxazole rings is 1. The number of hydrogen-bond donors (Lipinski definition) is 3. The normalized spacial score (nSPS) is 18.2. The van der Waals surface area contributed by atoms with E-state index >= 15 is 0 Å². The van der Waals surface area contributed by atoms with E-state index in [-0.39, 0.29) is 11.8 Å². The minimum atomic E-state index is -0.439. The number of ether oxygens (including phenoxy) is 2. The highest BCUT2D eigenvalue weighted by molar-refractivity contribution is 5.76. The van der Waals surface area contributed by atoms with Gasteiger partial charge in [-0.25, -0.2) is 4.98 Å². The van der Waals surface area contributed by atoms with Crippen LogP contribution < -0.4 is 31.5 Å². The molecule has 0 bridgehead atoms. The largest absolute Gasteiger partial charge is 0.494 e. The van der Waals surface area contributed by atoms with Crippen molar-refractivity contribution in [1.29, 1.82) is 0 Å². The highest BCUT2D eigenvalue weighted by atomic mass is 16.5. The Balaban J connectivity index is 1.58. The van der Waals surface area contributed by atoms with E-state index in [0.29, 0.717) is 36.1 Å². The molecule has 0 amide bonds. The predicted octanol–water partition coefficient (Wildman–Crippen LogP) is 1.41. The molecule has 0 radical (unpaired) electrons. The van der Waals surface area contributed by atoms with Crippen LogP contribution in [0, 0.1) is 0 Å². The zero-order valence-electron chi connectivity index (χ0n) is 16.4. The summed E-state index contributed by atoms with van der Waals surface area (Å²) in [7, 11) is 1.64. The van der Waals surface area contributed by atoms with Gasteiger partial charge < -0.3 is 30.3 Å². The lowest BCUT2D eigenvalue weighted by Gasteiger charge is -2.31. The van der Waals surface area contributed by atoms with Gasteiger partial charge in [0.1, 0.15) is 23.3 Å². The summed E-state index contributed by atoms with van der Waals surface area (Å²) in [5.41, 5.74) is 17.8. The summed E-state index contributed by atoms with van der Waals surface area (Å²) < 4.78 is 16.8. The van der Waals surface area contributed by atoms with Gasteiger partial charge >= 0.3 is 0 Å². The van der Waals surface area contributed by atoms with Gasteiger partial charge in [-0.05, 0) is 12.1 Å². The van der Waals surface area contributed by atoms with Gasteiger partial charge in [0.2, 0.25) is 5.95 Å². The maximum absolute atomic E-state index is 6.19. The second-order valence-electron chi connectivity index (χ2n) is 6.97. The van der Waals surface area contributed by atoms with Crippen LogP contribution in [0.3, 0.4) is 0 Å². The van der Waals surface area contributed by atoms with Crippen molar-refractivity contribution >= 4 is 29.0 Å². The smallest absolute Gasteiger partial charge is 0.224 e. The fraction of sp³-hybridized carbons (Fsp3) is 0.316. The van der Waals surface area contributed by atoms with Crippen LogP contribution in [0.4, 0.5) is 29.0 Å². The molecule has 5 rings (SSSR count). The molecule has 0 aliphatic carbocycles. The topological polar surface area (TPSA) is 141 Å². The Morgan fingerprint density at radius 2 is 2.03 bits per heavy atom. The van der Waals surface area contributed by atoms with Gasteiger partial charge in [-0.1, -0.05) is 0 Å². The lowest BCUT2D eigenvalue weighted by atomic mass is 10.1. The Labute approximate surface area is 172 Å². The quantitative estimate of drug-likeness (QED) is 0.575. The average Bonchev–Trinajstić information content (AvgIpc) is 3.41. The maximum atomic E-state index is 6.19. The summed E-state index contributed by atoms with van der Waals surface area (Å²) in [6.45, 7) is 3.09. The number of hydrazine groups is 1. The Hall–Kier alpha value is -3.73. The first-order valence-electron chi connectivity index (χ1n) is 9.53. The highest BCUT2D eigenvalue weighted by Crippen LogP contribution is 2.46. The molecule has 11 nitrogen and oxygen atoms in total. The van der Waals surface area contributed by atoms with Crippen LogP contribution in [0.5, 0.6) is 5.75 Å². The molecule has 1 atom stereocenters. The standard InChI is InChI=1S/C19H22N8O3/c1-28-13-8-11(26-4-6-29-7-5-26)2-3-12(13)27-16(14-9-22-10-30-14)15-17(20)23-19(21)24-18(15)25-27/h2-3,8-10,16H,4-7H2,1H3,(H5,20,21,23,24,25). The van der Waals surface area contributed by atoms with Crippen LogP contribution in [0.25, 0.3) is 0 Å². The number of nitrogen functional groups attached to an aromatic ring is 2. The number of anilines is 5. The number of benzene rings is 1. The molecule has 4 heterocycles. The van der Waals surface area contributed by atoms with E-state index in [1.165, 1.54) is 6.39 Å². The Kier molecular flexibility index (Phi) is 4.43. The minimum Gasteiger partial charge on any atom is -0.494 e. The zero-order chi connectivity index (χ0) is 20.7. The summed E-state index contributed by atoms with van der Waals surface area (Å²) in [6.07, 6.45) is 3.01. The number of methoxy groups -OCH3 is 1. The number of hydrogen-bond acceptors (Lipinski definition) is 11. The van der Waals surface area contributed by atoms with E-state index in [1.807, 2.05) is 17.1 Å². The second kappa shape index (κ2) is 7.26. The van der Waals surface area contributed by atoms with Crippen molar-refractivity contribution < 1.29 is 13.9 Å². The molecule has 0 spiro atoms. The lowest BCUT2D eigenvalue weighted by Crippen LogP contribution is -2.36. The van der Waals surface area contributed by atoms with Gasteiger partial charge in [0.05, 0.1) is 32.1 Å². The maximum Gasteiger partial charge on any atom is 0.224 e. The van der Waals surface area contributed by atoms with Gasteiger partial charge in [0.15, 0.2) is 18.0 Å². The first-order valence-corrected chi connectivity index (χ1v) is 9.53. The highest BCUT2D eigenvalue weighted by Gasteiger charge is 2.39. The molecule has 2 aliphatic heterocycles. The summed E-state index contributed by atoms with van der Waals surface area (Å²) >= 11 is 0. The third-order valence-corrected chi connectivity index (χ3v) is 5.27. The molecule has 11 heteroatoms. The third-order valence-electron chi connectivity index (χ3n) is 5.27. The van der Waals surface area contributed by atoms with Gasteiger partial charge in [0.25, 0.3) is 0 Å². The molecule has 3 aromatic rings. The molecule has 1 unspecified atom stereocenters. The molecule has 156 valence electrons. The second-order valence-corrected chi connectivity index (χ2v) is 6.97. The molecular formula is C19H22N8O3. The molecule has 2 aromatic heterocycles. The molecule has 1 aromatic carbocycles. The van der Waals surface area contributed by atoms with Crippen molar-refractivity contribution in [3.05, 3.63) is 42.1 Å². The monoisotopic (exact) mass is 410 g/mol. The van der Waals surface area contributed by atoms with E-state index in [9.17, 15) is 0 Å². The van der Waals surface area contributed by atoms with Crippen molar-refractivity contribution in [2.45, 2.75) is 6.04 Å². The molecule has 0 saturated carbocycles. The molecule has 2 aliphatic rings. The third kappa shape index (κ3) is 2.99. The number of fused-ring (bicyclic) bond motifs is 1. The number of nitrogens with two attached hydrogens (primary N) is 2.